The maximum atomic E-state index is 12.3. The zero-order valence-electron chi connectivity index (χ0n) is 14.7. The number of carbonyl (C=O) groups is 1. The van der Waals surface area contributed by atoms with Crippen LogP contribution >= 0.6 is 0 Å². The standard InChI is InChI=1S/C19H20F2N2O3/c1-12(2)25-16-9-7-14(8-10-16)18(24)23-22-13(3)15-5-4-6-17(11-15)26-19(20)21/h4-12,19H,1-3H3,(H,23,24)/b22-13-. The van der Waals surface area contributed by atoms with Crippen molar-refractivity contribution in [3.05, 3.63) is 59.7 Å². The van der Waals surface area contributed by atoms with Crippen LogP contribution in [-0.2, 0) is 0 Å². The number of nitrogens with one attached hydrogen (secondary N) is 1. The van der Waals surface area contributed by atoms with Gasteiger partial charge in [0.25, 0.3) is 5.91 Å². The van der Waals surface area contributed by atoms with Crippen LogP contribution < -0.4 is 14.9 Å². The number of carbonyl (C=O) groups excluding carboxylic acids is 1. The Hall–Kier alpha value is -2.96. The smallest absolute Gasteiger partial charge is 0.387 e. The highest BCUT2D eigenvalue weighted by Gasteiger charge is 2.08. The summed E-state index contributed by atoms with van der Waals surface area (Å²) in [6, 6.07) is 12.8. The molecule has 5 nitrogen and oxygen atoms in total. The first-order chi connectivity index (χ1) is 12.3. The largest absolute Gasteiger partial charge is 0.491 e. The number of ether oxygens (including phenoxy) is 2. The maximum Gasteiger partial charge on any atom is 0.387 e. The molecule has 1 amide bonds. The third kappa shape index (κ3) is 5.84. The SMILES string of the molecule is C/C(=N/NC(=O)c1ccc(OC(C)C)cc1)c1cccc(OC(F)F)c1. The van der Waals surface area contributed by atoms with Crippen LogP contribution in [0.25, 0.3) is 0 Å². The van der Waals surface area contributed by atoms with Crippen molar-refractivity contribution in [2.24, 2.45) is 5.10 Å². The van der Waals surface area contributed by atoms with Crippen LogP contribution in [0.2, 0.25) is 0 Å². The summed E-state index contributed by atoms with van der Waals surface area (Å²) in [4.78, 5) is 12.1. The van der Waals surface area contributed by atoms with E-state index in [4.69, 9.17) is 4.74 Å². The monoisotopic (exact) mass is 362 g/mol. The van der Waals surface area contributed by atoms with Gasteiger partial charge in [-0.3, -0.25) is 4.79 Å². The molecule has 0 bridgehead atoms. The van der Waals surface area contributed by atoms with Crippen LogP contribution in [0.15, 0.2) is 53.6 Å². The van der Waals surface area contributed by atoms with Gasteiger partial charge in [-0.1, -0.05) is 12.1 Å². The lowest BCUT2D eigenvalue weighted by atomic mass is 10.1. The molecule has 0 radical (unpaired) electrons. The van der Waals surface area contributed by atoms with E-state index < -0.39 is 6.61 Å². The number of benzene rings is 2. The topological polar surface area (TPSA) is 59.9 Å². The molecule has 0 spiro atoms. The Balaban J connectivity index is 2.02. The number of nitrogens with zero attached hydrogens (tertiary/aromatic N) is 1. The van der Waals surface area contributed by atoms with Crippen LogP contribution in [0.3, 0.4) is 0 Å². The average molecular weight is 362 g/mol. The molecule has 0 saturated heterocycles. The van der Waals surface area contributed by atoms with Crippen LogP contribution in [-0.4, -0.2) is 24.3 Å². The molecule has 0 heterocycles. The van der Waals surface area contributed by atoms with Gasteiger partial charge in [0.2, 0.25) is 0 Å². The van der Waals surface area contributed by atoms with Gasteiger partial charge in [0, 0.05) is 11.1 Å². The Morgan fingerprint density at radius 1 is 1.00 bits per heavy atom. The van der Waals surface area contributed by atoms with E-state index in [1.165, 1.54) is 12.1 Å². The van der Waals surface area contributed by atoms with Crippen LogP contribution in [0.4, 0.5) is 8.78 Å². The molecule has 7 heteroatoms. The van der Waals surface area contributed by atoms with Gasteiger partial charge in [-0.2, -0.15) is 13.9 Å². The Kier molecular flexibility index (Phi) is 6.66. The quantitative estimate of drug-likeness (QED) is 0.592. The van der Waals surface area contributed by atoms with E-state index in [1.54, 1.807) is 43.3 Å². The summed E-state index contributed by atoms with van der Waals surface area (Å²) in [5, 5.41) is 4.00. The normalized spacial score (nSPS) is 11.6. The van der Waals surface area contributed by atoms with Crippen molar-refractivity contribution in [3.63, 3.8) is 0 Å². The van der Waals surface area contributed by atoms with Crippen LogP contribution in [0.5, 0.6) is 11.5 Å². The van der Waals surface area contributed by atoms with Gasteiger partial charge in [-0.05, 0) is 57.2 Å². The van der Waals surface area contributed by atoms with Crippen LogP contribution in [0, 0.1) is 0 Å². The number of halogens is 2. The number of amides is 1. The molecule has 2 rings (SSSR count). The summed E-state index contributed by atoms with van der Waals surface area (Å²) in [7, 11) is 0. The van der Waals surface area contributed by atoms with E-state index in [9.17, 15) is 13.6 Å². The van der Waals surface area contributed by atoms with Crippen molar-refractivity contribution in [1.82, 2.24) is 5.43 Å². The minimum Gasteiger partial charge on any atom is -0.491 e. The van der Waals surface area contributed by atoms with E-state index in [-0.39, 0.29) is 17.8 Å². The molecule has 0 saturated carbocycles. The third-order valence-electron chi connectivity index (χ3n) is 3.29. The molecule has 26 heavy (non-hydrogen) atoms. The molecule has 0 aliphatic heterocycles. The summed E-state index contributed by atoms with van der Waals surface area (Å²) in [6.07, 6.45) is 0.0479. The van der Waals surface area contributed by atoms with Crippen molar-refractivity contribution in [1.29, 1.82) is 0 Å². The first-order valence-corrected chi connectivity index (χ1v) is 8.01. The minimum absolute atomic E-state index is 0.0270. The molecule has 138 valence electrons. The van der Waals surface area contributed by atoms with E-state index >= 15 is 0 Å². The first-order valence-electron chi connectivity index (χ1n) is 8.01. The molecule has 0 aromatic heterocycles. The summed E-state index contributed by atoms with van der Waals surface area (Å²) in [5.41, 5.74) is 3.88. The van der Waals surface area contributed by atoms with Gasteiger partial charge >= 0.3 is 6.61 Å². The number of hydrogen-bond donors (Lipinski definition) is 1. The van der Waals surface area contributed by atoms with Gasteiger partial charge < -0.3 is 9.47 Å². The molecule has 0 atom stereocenters. The highest BCUT2D eigenvalue weighted by molar-refractivity contribution is 6.01. The van der Waals surface area contributed by atoms with E-state index in [0.29, 0.717) is 22.6 Å². The molecule has 0 unspecified atom stereocenters. The number of rotatable bonds is 7. The molecule has 0 aliphatic rings. The Morgan fingerprint density at radius 3 is 2.31 bits per heavy atom. The Morgan fingerprint density at radius 2 is 1.69 bits per heavy atom. The van der Waals surface area contributed by atoms with Gasteiger partial charge in [-0.15, -0.1) is 0 Å². The number of hydrazone groups is 1. The van der Waals surface area contributed by atoms with Gasteiger partial charge in [0.1, 0.15) is 11.5 Å². The average Bonchev–Trinajstić information content (AvgIpc) is 2.59. The molecule has 0 aliphatic carbocycles. The van der Waals surface area contributed by atoms with Crippen molar-refractivity contribution in [2.75, 3.05) is 0 Å². The molecular weight excluding hydrogens is 342 g/mol. The van der Waals surface area contributed by atoms with E-state index in [1.807, 2.05) is 13.8 Å². The Bertz CT molecular complexity index is 775. The first kappa shape index (κ1) is 19.4. The zero-order valence-corrected chi connectivity index (χ0v) is 14.7. The Labute approximate surface area is 150 Å². The fraction of sp³-hybridized carbons (Fsp3) is 0.263. The molecule has 0 fully saturated rings. The maximum absolute atomic E-state index is 12.3. The highest BCUT2D eigenvalue weighted by Crippen LogP contribution is 2.17. The van der Waals surface area contributed by atoms with Crippen molar-refractivity contribution in [3.8, 4) is 11.5 Å². The summed E-state index contributed by atoms with van der Waals surface area (Å²) in [5.74, 6) is 0.312. The lowest BCUT2D eigenvalue weighted by Gasteiger charge is -2.10. The summed E-state index contributed by atoms with van der Waals surface area (Å²) < 4.78 is 34.4. The molecule has 2 aromatic carbocycles. The lowest BCUT2D eigenvalue weighted by Crippen LogP contribution is -2.19. The fourth-order valence-electron chi connectivity index (χ4n) is 2.12. The second-order valence-corrected chi connectivity index (χ2v) is 5.74. The molecule has 2 aromatic rings. The lowest BCUT2D eigenvalue weighted by molar-refractivity contribution is -0.0498. The van der Waals surface area contributed by atoms with Gasteiger partial charge in [0.05, 0.1) is 11.8 Å². The zero-order chi connectivity index (χ0) is 19.1. The second kappa shape index (κ2) is 8.94. The summed E-state index contributed by atoms with van der Waals surface area (Å²) in [6.45, 7) is 2.59. The third-order valence-corrected chi connectivity index (χ3v) is 3.29. The van der Waals surface area contributed by atoms with Crippen molar-refractivity contribution in [2.45, 2.75) is 33.5 Å². The number of alkyl halides is 2. The van der Waals surface area contributed by atoms with E-state index in [0.717, 1.165) is 0 Å². The highest BCUT2D eigenvalue weighted by atomic mass is 19.3. The molecule has 1 N–H and O–H groups in total. The van der Waals surface area contributed by atoms with Crippen molar-refractivity contribution < 1.29 is 23.0 Å². The predicted molar refractivity (Wildman–Crippen MR) is 95.0 cm³/mol. The molecular formula is C19H20F2N2O3. The fourth-order valence-corrected chi connectivity index (χ4v) is 2.12. The predicted octanol–water partition coefficient (Wildman–Crippen LogP) is 4.23. The van der Waals surface area contributed by atoms with E-state index in [2.05, 4.69) is 15.3 Å². The van der Waals surface area contributed by atoms with Gasteiger partial charge in [-0.25, -0.2) is 5.43 Å². The minimum atomic E-state index is -2.90. The summed E-state index contributed by atoms with van der Waals surface area (Å²) >= 11 is 0. The number of hydrogen-bond acceptors (Lipinski definition) is 4. The van der Waals surface area contributed by atoms with Gasteiger partial charge in [0.15, 0.2) is 0 Å². The second-order valence-electron chi connectivity index (χ2n) is 5.74. The van der Waals surface area contributed by atoms with Crippen molar-refractivity contribution >= 4 is 11.6 Å². The van der Waals surface area contributed by atoms with Crippen LogP contribution in [0.1, 0.15) is 36.7 Å².